The van der Waals surface area contributed by atoms with E-state index < -0.39 is 34.1 Å². The molecule has 0 spiro atoms. The van der Waals surface area contributed by atoms with E-state index in [-0.39, 0.29) is 24.6 Å². The van der Waals surface area contributed by atoms with Crippen LogP contribution in [0, 0.1) is 0 Å². The number of nitrogens with one attached hydrogen (secondary N) is 1. The molecule has 3 rings (SSSR count). The number of benzene rings is 3. The number of sulfonamides is 1. The van der Waals surface area contributed by atoms with Crippen LogP contribution in [-0.4, -0.2) is 49.5 Å². The summed E-state index contributed by atoms with van der Waals surface area (Å²) < 4.78 is 32.6. The Hall–Kier alpha value is -3.27. The normalized spacial score (nSPS) is 12.4. The van der Waals surface area contributed by atoms with E-state index in [0.29, 0.717) is 27.1 Å². The Labute approximate surface area is 252 Å². The van der Waals surface area contributed by atoms with Crippen molar-refractivity contribution < 1.29 is 22.7 Å². The molecule has 3 aromatic carbocycles. The third-order valence-electron chi connectivity index (χ3n) is 6.06. The topological polar surface area (TPSA) is 96.0 Å². The first-order valence-corrected chi connectivity index (χ1v) is 15.6. The summed E-state index contributed by atoms with van der Waals surface area (Å²) in [6.07, 6.45) is 1.30. The standard InChI is InChI=1S/C30H35Cl2N3O5S/c1-6-27(29(37)33-30(2,3)4)34(19-24-25(31)13-10-14-26(24)32)28(36)20-35(41(5,38)39)21-15-17-23(18-16-21)40-22-11-8-7-9-12-22/h7-18,27H,6,19-20H2,1-5H3,(H,33,37)/t27-/m1/s1. The van der Waals surface area contributed by atoms with Gasteiger partial charge in [-0.1, -0.05) is 54.4 Å². The zero-order valence-corrected chi connectivity index (χ0v) is 26.1. The van der Waals surface area contributed by atoms with Crippen LogP contribution in [0.25, 0.3) is 0 Å². The maximum atomic E-state index is 13.9. The number of rotatable bonds is 11. The van der Waals surface area contributed by atoms with E-state index in [1.165, 1.54) is 4.90 Å². The van der Waals surface area contributed by atoms with Crippen molar-refractivity contribution in [3.63, 3.8) is 0 Å². The molecule has 0 aromatic heterocycles. The molecule has 0 unspecified atom stereocenters. The zero-order valence-electron chi connectivity index (χ0n) is 23.7. The number of nitrogens with zero attached hydrogens (tertiary/aromatic N) is 2. The van der Waals surface area contributed by atoms with Crippen molar-refractivity contribution in [3.05, 3.63) is 88.4 Å². The summed E-state index contributed by atoms with van der Waals surface area (Å²) >= 11 is 12.8. The van der Waals surface area contributed by atoms with Crippen molar-refractivity contribution >= 4 is 50.7 Å². The number of hydrogen-bond acceptors (Lipinski definition) is 5. The first kappa shape index (κ1) is 32.2. The summed E-state index contributed by atoms with van der Waals surface area (Å²) in [5.74, 6) is 0.166. The lowest BCUT2D eigenvalue weighted by molar-refractivity contribution is -0.141. The molecule has 0 bridgehead atoms. The SMILES string of the molecule is CC[C@H](C(=O)NC(C)(C)C)N(Cc1c(Cl)cccc1Cl)C(=O)CN(c1ccc(Oc2ccccc2)cc1)S(C)(=O)=O. The lowest BCUT2D eigenvalue weighted by atomic mass is 10.1. The summed E-state index contributed by atoms with van der Waals surface area (Å²) in [6, 6.07) is 19.6. The van der Waals surface area contributed by atoms with Gasteiger partial charge >= 0.3 is 0 Å². The van der Waals surface area contributed by atoms with Gasteiger partial charge in [-0.15, -0.1) is 0 Å². The molecule has 2 amide bonds. The van der Waals surface area contributed by atoms with Crippen LogP contribution in [0.3, 0.4) is 0 Å². The van der Waals surface area contributed by atoms with Crippen LogP contribution >= 0.6 is 23.2 Å². The predicted molar refractivity (Wildman–Crippen MR) is 164 cm³/mol. The summed E-state index contributed by atoms with van der Waals surface area (Å²) in [5, 5.41) is 3.58. The largest absolute Gasteiger partial charge is 0.457 e. The average molecular weight is 621 g/mol. The summed E-state index contributed by atoms with van der Waals surface area (Å²) in [6.45, 7) is 6.66. The van der Waals surface area contributed by atoms with Crippen molar-refractivity contribution in [1.29, 1.82) is 0 Å². The van der Waals surface area contributed by atoms with E-state index in [9.17, 15) is 18.0 Å². The minimum Gasteiger partial charge on any atom is -0.457 e. The third-order valence-corrected chi connectivity index (χ3v) is 7.91. The van der Waals surface area contributed by atoms with E-state index in [4.69, 9.17) is 27.9 Å². The van der Waals surface area contributed by atoms with Gasteiger partial charge in [-0.2, -0.15) is 0 Å². The van der Waals surface area contributed by atoms with Crippen LogP contribution in [-0.2, 0) is 26.2 Å². The van der Waals surface area contributed by atoms with Gasteiger partial charge in [0.2, 0.25) is 21.8 Å². The first-order valence-electron chi connectivity index (χ1n) is 13.0. The molecule has 1 atom stereocenters. The highest BCUT2D eigenvalue weighted by Gasteiger charge is 2.33. The second kappa shape index (κ2) is 13.6. The molecule has 0 aliphatic carbocycles. The molecular formula is C30H35Cl2N3O5S. The van der Waals surface area contributed by atoms with Crippen molar-refractivity contribution in [2.45, 2.75) is 52.2 Å². The van der Waals surface area contributed by atoms with E-state index in [1.54, 1.807) is 61.5 Å². The van der Waals surface area contributed by atoms with Gasteiger partial charge in [0.15, 0.2) is 0 Å². The van der Waals surface area contributed by atoms with Gasteiger partial charge in [-0.05, 0) is 75.7 Å². The molecule has 220 valence electrons. The highest BCUT2D eigenvalue weighted by molar-refractivity contribution is 7.92. The van der Waals surface area contributed by atoms with Crippen molar-refractivity contribution in [2.75, 3.05) is 17.1 Å². The minimum absolute atomic E-state index is 0.0884. The molecule has 0 radical (unpaired) electrons. The monoisotopic (exact) mass is 619 g/mol. The Balaban J connectivity index is 1.95. The molecule has 8 nitrogen and oxygen atoms in total. The predicted octanol–water partition coefficient (Wildman–Crippen LogP) is 6.27. The first-order chi connectivity index (χ1) is 19.2. The molecule has 0 heterocycles. The number of amides is 2. The Kier molecular flexibility index (Phi) is 10.7. The summed E-state index contributed by atoms with van der Waals surface area (Å²) in [7, 11) is -3.90. The Morgan fingerprint density at radius 3 is 1.98 bits per heavy atom. The number of para-hydroxylation sites is 1. The molecule has 0 fully saturated rings. The Morgan fingerprint density at radius 1 is 0.902 bits per heavy atom. The van der Waals surface area contributed by atoms with E-state index in [1.807, 2.05) is 39.0 Å². The Bertz CT molecular complexity index is 1440. The van der Waals surface area contributed by atoms with Crippen LogP contribution in [0.1, 0.15) is 39.7 Å². The van der Waals surface area contributed by atoms with E-state index in [0.717, 1.165) is 10.6 Å². The highest BCUT2D eigenvalue weighted by atomic mass is 35.5. The number of halogens is 2. The van der Waals surface area contributed by atoms with Crippen molar-refractivity contribution in [2.24, 2.45) is 0 Å². The molecule has 3 aromatic rings. The van der Waals surface area contributed by atoms with Crippen LogP contribution in [0.2, 0.25) is 10.0 Å². The Morgan fingerprint density at radius 2 is 1.46 bits per heavy atom. The van der Waals surface area contributed by atoms with Gasteiger partial charge < -0.3 is 15.0 Å². The van der Waals surface area contributed by atoms with E-state index in [2.05, 4.69) is 5.32 Å². The van der Waals surface area contributed by atoms with Gasteiger partial charge in [-0.25, -0.2) is 8.42 Å². The average Bonchev–Trinajstić information content (AvgIpc) is 2.88. The van der Waals surface area contributed by atoms with Gasteiger partial charge in [-0.3, -0.25) is 13.9 Å². The molecule has 0 aliphatic heterocycles. The van der Waals surface area contributed by atoms with Crippen molar-refractivity contribution in [1.82, 2.24) is 10.2 Å². The summed E-state index contributed by atoms with van der Waals surface area (Å²) in [5.41, 5.74) is 0.174. The molecular weight excluding hydrogens is 585 g/mol. The maximum absolute atomic E-state index is 13.9. The van der Waals surface area contributed by atoms with Crippen molar-refractivity contribution in [3.8, 4) is 11.5 Å². The molecule has 0 aliphatic rings. The van der Waals surface area contributed by atoms with Crippen LogP contribution in [0.5, 0.6) is 11.5 Å². The minimum atomic E-state index is -3.90. The van der Waals surface area contributed by atoms with Gasteiger partial charge in [0.1, 0.15) is 24.1 Å². The molecule has 1 N–H and O–H groups in total. The number of anilines is 1. The highest BCUT2D eigenvalue weighted by Crippen LogP contribution is 2.29. The van der Waals surface area contributed by atoms with Crippen LogP contribution in [0.15, 0.2) is 72.8 Å². The van der Waals surface area contributed by atoms with Gasteiger partial charge in [0.25, 0.3) is 0 Å². The smallest absolute Gasteiger partial charge is 0.244 e. The van der Waals surface area contributed by atoms with E-state index >= 15 is 0 Å². The number of hydrogen-bond donors (Lipinski definition) is 1. The number of carbonyl (C=O) groups is 2. The fourth-order valence-electron chi connectivity index (χ4n) is 4.14. The van der Waals surface area contributed by atoms with Crippen LogP contribution < -0.4 is 14.4 Å². The lowest BCUT2D eigenvalue weighted by Crippen LogP contribution is -2.55. The molecule has 41 heavy (non-hydrogen) atoms. The second-order valence-corrected chi connectivity index (χ2v) is 13.3. The molecule has 0 saturated carbocycles. The van der Waals surface area contributed by atoms with Gasteiger partial charge in [0, 0.05) is 27.7 Å². The van der Waals surface area contributed by atoms with Gasteiger partial charge in [0.05, 0.1) is 11.9 Å². The molecule has 11 heteroatoms. The molecule has 0 saturated heterocycles. The second-order valence-electron chi connectivity index (χ2n) is 10.6. The quantitative estimate of drug-likeness (QED) is 0.273. The number of ether oxygens (including phenoxy) is 1. The fraction of sp³-hybridized carbons (Fsp3) is 0.333. The number of carbonyl (C=O) groups excluding carboxylic acids is 2. The lowest BCUT2D eigenvalue weighted by Gasteiger charge is -2.34. The summed E-state index contributed by atoms with van der Waals surface area (Å²) in [4.78, 5) is 28.6. The zero-order chi connectivity index (χ0) is 30.4. The van der Waals surface area contributed by atoms with Crippen LogP contribution in [0.4, 0.5) is 5.69 Å². The third kappa shape index (κ3) is 9.11. The maximum Gasteiger partial charge on any atom is 0.244 e. The fourth-order valence-corrected chi connectivity index (χ4v) is 5.51.